The standard InChI is InChI=1S/C12H9I2N3O4/c13-8-3-7(5-16-17-10(18)1-2-15)4-9(14)12(8)21-6-11(19)20/h3-5H,1,6H2,(H,17,18)(H,19,20)/b16-5-. The molecule has 0 radical (unpaired) electrons. The van der Waals surface area contributed by atoms with Crippen molar-refractivity contribution in [2.75, 3.05) is 6.61 Å². The van der Waals surface area contributed by atoms with Gasteiger partial charge < -0.3 is 9.84 Å². The molecule has 0 fully saturated rings. The Morgan fingerprint density at radius 3 is 2.57 bits per heavy atom. The van der Waals surface area contributed by atoms with Gasteiger partial charge in [0.2, 0.25) is 0 Å². The quantitative estimate of drug-likeness (QED) is 0.342. The summed E-state index contributed by atoms with van der Waals surface area (Å²) < 4.78 is 6.65. The number of nitrogens with zero attached hydrogens (tertiary/aromatic N) is 2. The summed E-state index contributed by atoms with van der Waals surface area (Å²) in [7, 11) is 0. The first kappa shape index (κ1) is 17.6. The molecule has 0 heterocycles. The van der Waals surface area contributed by atoms with E-state index in [0.717, 1.165) is 7.14 Å². The third-order valence-electron chi connectivity index (χ3n) is 2.00. The minimum absolute atomic E-state index is 0.256. The second-order valence-corrected chi connectivity index (χ2v) is 5.95. The molecule has 0 aliphatic heterocycles. The largest absolute Gasteiger partial charge is 0.480 e. The van der Waals surface area contributed by atoms with Gasteiger partial charge in [-0.15, -0.1) is 0 Å². The minimum Gasteiger partial charge on any atom is -0.480 e. The summed E-state index contributed by atoms with van der Waals surface area (Å²) >= 11 is 4.04. The second-order valence-electron chi connectivity index (χ2n) is 3.62. The molecule has 0 atom stereocenters. The van der Waals surface area contributed by atoms with E-state index >= 15 is 0 Å². The summed E-state index contributed by atoms with van der Waals surface area (Å²) in [5, 5.41) is 20.7. The van der Waals surface area contributed by atoms with Gasteiger partial charge in [0.1, 0.15) is 12.2 Å². The Labute approximate surface area is 147 Å². The Morgan fingerprint density at radius 2 is 2.05 bits per heavy atom. The highest BCUT2D eigenvalue weighted by molar-refractivity contribution is 14.1. The van der Waals surface area contributed by atoms with E-state index in [2.05, 4.69) is 10.5 Å². The zero-order valence-corrected chi connectivity index (χ0v) is 14.8. The smallest absolute Gasteiger partial charge is 0.341 e. The maximum atomic E-state index is 11.0. The van der Waals surface area contributed by atoms with Gasteiger partial charge in [0, 0.05) is 0 Å². The highest BCUT2D eigenvalue weighted by Gasteiger charge is 2.10. The Balaban J connectivity index is 2.79. The molecule has 1 rings (SSSR count). The molecular weight excluding hydrogens is 504 g/mol. The lowest BCUT2D eigenvalue weighted by atomic mass is 10.2. The molecule has 1 amide bonds. The fourth-order valence-electron chi connectivity index (χ4n) is 1.22. The predicted octanol–water partition coefficient (Wildman–Crippen LogP) is 1.72. The summed E-state index contributed by atoms with van der Waals surface area (Å²) in [4.78, 5) is 21.6. The van der Waals surface area contributed by atoms with Crippen LogP contribution in [0.5, 0.6) is 5.75 Å². The van der Waals surface area contributed by atoms with Gasteiger partial charge in [-0.25, -0.2) is 10.2 Å². The first-order valence-electron chi connectivity index (χ1n) is 5.46. The van der Waals surface area contributed by atoms with Gasteiger partial charge in [-0.2, -0.15) is 10.4 Å². The number of carboxylic acid groups (broad SMARTS) is 1. The van der Waals surface area contributed by atoms with Crippen molar-refractivity contribution < 1.29 is 19.4 Å². The van der Waals surface area contributed by atoms with E-state index in [0.29, 0.717) is 11.3 Å². The number of amides is 1. The van der Waals surface area contributed by atoms with Crippen LogP contribution in [-0.4, -0.2) is 29.8 Å². The van der Waals surface area contributed by atoms with Crippen LogP contribution in [0, 0.1) is 18.5 Å². The third-order valence-corrected chi connectivity index (χ3v) is 3.61. The van der Waals surface area contributed by atoms with Crippen LogP contribution in [0.25, 0.3) is 0 Å². The second kappa shape index (κ2) is 8.78. The number of hydrazone groups is 1. The van der Waals surface area contributed by atoms with E-state index in [4.69, 9.17) is 15.1 Å². The minimum atomic E-state index is -1.05. The van der Waals surface area contributed by atoms with E-state index in [1.54, 1.807) is 18.2 Å². The van der Waals surface area contributed by atoms with Crippen molar-refractivity contribution in [1.29, 1.82) is 5.26 Å². The molecule has 0 unspecified atom stereocenters. The monoisotopic (exact) mass is 513 g/mol. The van der Waals surface area contributed by atoms with E-state index in [-0.39, 0.29) is 6.42 Å². The molecule has 2 N–H and O–H groups in total. The highest BCUT2D eigenvalue weighted by atomic mass is 127. The van der Waals surface area contributed by atoms with Crippen molar-refractivity contribution >= 4 is 63.3 Å². The number of benzene rings is 1. The van der Waals surface area contributed by atoms with Crippen molar-refractivity contribution in [2.45, 2.75) is 6.42 Å². The molecule has 0 aliphatic carbocycles. The number of halogens is 2. The zero-order chi connectivity index (χ0) is 15.8. The van der Waals surface area contributed by atoms with Crippen LogP contribution in [0.2, 0.25) is 0 Å². The molecule has 7 nitrogen and oxygen atoms in total. The number of aliphatic carboxylic acids is 1. The normalized spacial score (nSPS) is 10.1. The first-order valence-corrected chi connectivity index (χ1v) is 7.62. The number of hydrogen-bond donors (Lipinski definition) is 2. The average molecular weight is 513 g/mol. The molecular formula is C12H9I2N3O4. The third kappa shape index (κ3) is 6.25. The molecule has 0 saturated carbocycles. The predicted molar refractivity (Wildman–Crippen MR) is 91.0 cm³/mol. The van der Waals surface area contributed by atoms with Gasteiger partial charge in [-0.05, 0) is 62.9 Å². The Bertz CT molecular complexity index is 602. The number of hydrogen-bond acceptors (Lipinski definition) is 5. The Kier molecular flexibility index (Phi) is 7.37. The number of carbonyl (C=O) groups is 2. The number of nitrogens with one attached hydrogen (secondary N) is 1. The molecule has 1 aromatic carbocycles. The lowest BCUT2D eigenvalue weighted by Gasteiger charge is -2.09. The van der Waals surface area contributed by atoms with Gasteiger partial charge >= 0.3 is 5.97 Å². The molecule has 1 aromatic rings. The lowest BCUT2D eigenvalue weighted by Crippen LogP contribution is -2.16. The van der Waals surface area contributed by atoms with Crippen LogP contribution < -0.4 is 10.2 Å². The molecule has 21 heavy (non-hydrogen) atoms. The maximum absolute atomic E-state index is 11.0. The van der Waals surface area contributed by atoms with E-state index in [1.807, 2.05) is 45.2 Å². The number of nitriles is 1. The zero-order valence-electron chi connectivity index (χ0n) is 10.5. The fraction of sp³-hybridized carbons (Fsp3) is 0.167. The van der Waals surface area contributed by atoms with Gasteiger partial charge in [0.05, 0.1) is 19.4 Å². The van der Waals surface area contributed by atoms with Crippen LogP contribution in [0.3, 0.4) is 0 Å². The van der Waals surface area contributed by atoms with Crippen molar-refractivity contribution in [3.05, 3.63) is 24.8 Å². The molecule has 0 aromatic heterocycles. The topological polar surface area (TPSA) is 112 Å². The van der Waals surface area contributed by atoms with Gasteiger partial charge in [0.25, 0.3) is 5.91 Å². The summed E-state index contributed by atoms with van der Waals surface area (Å²) in [5.41, 5.74) is 2.93. The number of carboxylic acids is 1. The van der Waals surface area contributed by atoms with Crippen LogP contribution in [0.4, 0.5) is 0 Å². The Morgan fingerprint density at radius 1 is 1.43 bits per heavy atom. The van der Waals surface area contributed by atoms with Crippen LogP contribution in [0.15, 0.2) is 17.2 Å². The maximum Gasteiger partial charge on any atom is 0.341 e. The van der Waals surface area contributed by atoms with Crippen molar-refractivity contribution in [2.24, 2.45) is 5.10 Å². The molecule has 0 aliphatic rings. The summed E-state index contributed by atoms with van der Waals surface area (Å²) in [6.45, 7) is -0.413. The molecule has 110 valence electrons. The van der Waals surface area contributed by atoms with Crippen molar-refractivity contribution in [3.8, 4) is 11.8 Å². The SMILES string of the molecule is N#CCC(=O)N/N=C\c1cc(I)c(OCC(=O)O)c(I)c1. The van der Waals surface area contributed by atoms with Crippen LogP contribution in [-0.2, 0) is 9.59 Å². The molecule has 0 spiro atoms. The van der Waals surface area contributed by atoms with Crippen molar-refractivity contribution in [1.82, 2.24) is 5.43 Å². The number of carbonyl (C=O) groups excluding carboxylic acids is 1. The summed E-state index contributed by atoms with van der Waals surface area (Å²) in [6.07, 6.45) is 1.18. The van der Waals surface area contributed by atoms with Crippen LogP contribution in [0.1, 0.15) is 12.0 Å². The molecule has 9 heteroatoms. The average Bonchev–Trinajstić information content (AvgIpc) is 2.37. The van der Waals surface area contributed by atoms with E-state index < -0.39 is 18.5 Å². The lowest BCUT2D eigenvalue weighted by molar-refractivity contribution is -0.139. The van der Waals surface area contributed by atoms with Crippen LogP contribution >= 0.6 is 45.2 Å². The molecule has 0 bridgehead atoms. The van der Waals surface area contributed by atoms with Gasteiger partial charge in [-0.1, -0.05) is 0 Å². The molecule has 0 saturated heterocycles. The highest BCUT2D eigenvalue weighted by Crippen LogP contribution is 2.28. The van der Waals surface area contributed by atoms with Crippen molar-refractivity contribution in [3.63, 3.8) is 0 Å². The number of rotatable bonds is 6. The number of ether oxygens (including phenoxy) is 1. The van der Waals surface area contributed by atoms with Gasteiger partial charge in [-0.3, -0.25) is 4.79 Å². The summed E-state index contributed by atoms with van der Waals surface area (Å²) in [6, 6.07) is 5.18. The fourth-order valence-corrected chi connectivity index (χ4v) is 3.34. The van der Waals surface area contributed by atoms with E-state index in [1.165, 1.54) is 6.21 Å². The Hall–Kier alpha value is -1.42. The van der Waals surface area contributed by atoms with E-state index in [9.17, 15) is 9.59 Å². The first-order chi connectivity index (χ1) is 9.93. The van der Waals surface area contributed by atoms with Gasteiger partial charge in [0.15, 0.2) is 6.61 Å². The summed E-state index contributed by atoms with van der Waals surface area (Å²) in [5.74, 6) is -1.05.